The number of piperazine rings is 1. The van der Waals surface area contributed by atoms with Crippen LogP contribution in [0.5, 0.6) is 0 Å². The minimum atomic E-state index is 0.459. The molecule has 0 spiro atoms. The summed E-state index contributed by atoms with van der Waals surface area (Å²) in [4.78, 5) is 4.87. The molecule has 0 amide bonds. The van der Waals surface area contributed by atoms with Crippen molar-refractivity contribution in [1.82, 2.24) is 4.90 Å². The van der Waals surface area contributed by atoms with Gasteiger partial charge in [0, 0.05) is 37.4 Å². The molecule has 0 bridgehead atoms. The molecular formula is C16H27N3. The first kappa shape index (κ1) is 14.4. The van der Waals surface area contributed by atoms with Crippen LogP contribution in [0.15, 0.2) is 24.3 Å². The van der Waals surface area contributed by atoms with Gasteiger partial charge in [0.25, 0.3) is 0 Å². The largest absolute Gasteiger partial charge is 0.366 e. The van der Waals surface area contributed by atoms with Crippen molar-refractivity contribution in [2.45, 2.75) is 38.8 Å². The lowest BCUT2D eigenvalue weighted by Crippen LogP contribution is -2.58. The van der Waals surface area contributed by atoms with Gasteiger partial charge in [0.05, 0.1) is 0 Å². The summed E-state index contributed by atoms with van der Waals surface area (Å²) >= 11 is 0. The highest BCUT2D eigenvalue weighted by Gasteiger charge is 2.28. The van der Waals surface area contributed by atoms with Crippen LogP contribution in [0.4, 0.5) is 5.69 Å². The lowest BCUT2D eigenvalue weighted by Gasteiger charge is -2.44. The van der Waals surface area contributed by atoms with Crippen molar-refractivity contribution in [2.75, 3.05) is 31.6 Å². The Balaban J connectivity index is 2.15. The smallest absolute Gasteiger partial charge is 0.0391 e. The van der Waals surface area contributed by atoms with E-state index < -0.39 is 0 Å². The average molecular weight is 261 g/mol. The molecule has 0 radical (unpaired) electrons. The van der Waals surface area contributed by atoms with Crippen LogP contribution in [0.2, 0.25) is 0 Å². The van der Waals surface area contributed by atoms with E-state index in [0.717, 1.165) is 19.6 Å². The van der Waals surface area contributed by atoms with E-state index in [0.29, 0.717) is 18.0 Å². The Kier molecular flexibility index (Phi) is 4.48. The first-order valence-electron chi connectivity index (χ1n) is 7.29. The van der Waals surface area contributed by atoms with Gasteiger partial charge in [-0.2, -0.15) is 0 Å². The molecule has 1 aliphatic rings. The van der Waals surface area contributed by atoms with Crippen LogP contribution in [0.3, 0.4) is 0 Å². The molecule has 1 aromatic rings. The molecule has 3 heteroatoms. The maximum Gasteiger partial charge on any atom is 0.0391 e. The third-order valence-corrected chi connectivity index (χ3v) is 4.28. The minimum absolute atomic E-state index is 0.459. The lowest BCUT2D eigenvalue weighted by atomic mass is 10.0. The highest BCUT2D eigenvalue weighted by Crippen LogP contribution is 2.24. The molecule has 0 saturated carbocycles. The van der Waals surface area contributed by atoms with Crippen molar-refractivity contribution in [3.8, 4) is 0 Å². The van der Waals surface area contributed by atoms with Gasteiger partial charge in [0.2, 0.25) is 0 Å². The Hall–Kier alpha value is -1.06. The maximum atomic E-state index is 5.87. The Labute approximate surface area is 117 Å². The molecule has 106 valence electrons. The van der Waals surface area contributed by atoms with Crippen LogP contribution < -0.4 is 10.6 Å². The van der Waals surface area contributed by atoms with Gasteiger partial charge in [0.1, 0.15) is 0 Å². The van der Waals surface area contributed by atoms with Gasteiger partial charge in [-0.3, -0.25) is 4.90 Å². The quantitative estimate of drug-likeness (QED) is 0.906. The van der Waals surface area contributed by atoms with E-state index in [1.165, 1.54) is 11.3 Å². The predicted octanol–water partition coefficient (Wildman–Crippen LogP) is 2.28. The third-order valence-electron chi connectivity index (χ3n) is 4.28. The molecule has 19 heavy (non-hydrogen) atoms. The summed E-state index contributed by atoms with van der Waals surface area (Å²) in [6.07, 6.45) is 0. The van der Waals surface area contributed by atoms with Gasteiger partial charge >= 0.3 is 0 Å². The van der Waals surface area contributed by atoms with E-state index >= 15 is 0 Å². The Morgan fingerprint density at radius 1 is 1.21 bits per heavy atom. The Morgan fingerprint density at radius 3 is 2.37 bits per heavy atom. The first-order chi connectivity index (χ1) is 9.02. The van der Waals surface area contributed by atoms with Gasteiger partial charge in [-0.25, -0.2) is 0 Å². The van der Waals surface area contributed by atoms with Crippen molar-refractivity contribution in [1.29, 1.82) is 0 Å². The summed E-state index contributed by atoms with van der Waals surface area (Å²) < 4.78 is 0. The number of benzene rings is 1. The number of anilines is 1. The fraction of sp³-hybridized carbons (Fsp3) is 0.625. The number of likely N-dealkylation sites (N-methyl/N-ethyl adjacent to an activating group) is 1. The first-order valence-corrected chi connectivity index (χ1v) is 7.29. The molecule has 2 atom stereocenters. The fourth-order valence-corrected chi connectivity index (χ4v) is 2.88. The van der Waals surface area contributed by atoms with Crippen molar-refractivity contribution < 1.29 is 0 Å². The Morgan fingerprint density at radius 2 is 1.84 bits per heavy atom. The van der Waals surface area contributed by atoms with Gasteiger partial charge in [-0.05, 0) is 37.6 Å². The SMILES string of the molecule is CC(C)c1ccc(N2CC(CN)N(C)CC2C)cc1. The molecule has 1 saturated heterocycles. The van der Waals surface area contributed by atoms with E-state index in [9.17, 15) is 0 Å². The zero-order valence-electron chi connectivity index (χ0n) is 12.6. The standard InChI is InChI=1S/C16H27N3/c1-12(2)14-5-7-15(8-6-14)19-11-16(9-17)18(4)10-13(19)3/h5-8,12-13,16H,9-11,17H2,1-4H3. The summed E-state index contributed by atoms with van der Waals surface area (Å²) in [5.74, 6) is 0.593. The molecular weight excluding hydrogens is 234 g/mol. The van der Waals surface area contributed by atoms with Crippen molar-refractivity contribution in [3.63, 3.8) is 0 Å². The number of hydrogen-bond acceptors (Lipinski definition) is 3. The van der Waals surface area contributed by atoms with Gasteiger partial charge in [0.15, 0.2) is 0 Å². The third kappa shape index (κ3) is 3.10. The molecule has 2 unspecified atom stereocenters. The van der Waals surface area contributed by atoms with Crippen LogP contribution in [0.25, 0.3) is 0 Å². The van der Waals surface area contributed by atoms with Crippen LogP contribution in [-0.2, 0) is 0 Å². The molecule has 3 nitrogen and oxygen atoms in total. The summed E-state index contributed by atoms with van der Waals surface area (Å²) in [6.45, 7) is 9.59. The summed E-state index contributed by atoms with van der Waals surface area (Å²) in [7, 11) is 2.17. The molecule has 1 heterocycles. The second-order valence-corrected chi connectivity index (χ2v) is 6.08. The molecule has 2 N–H and O–H groups in total. The van der Waals surface area contributed by atoms with Crippen LogP contribution in [0.1, 0.15) is 32.3 Å². The fourth-order valence-electron chi connectivity index (χ4n) is 2.88. The van der Waals surface area contributed by atoms with Crippen LogP contribution in [-0.4, -0.2) is 43.7 Å². The van der Waals surface area contributed by atoms with E-state index in [2.05, 4.69) is 61.9 Å². The molecule has 1 aromatic carbocycles. The van der Waals surface area contributed by atoms with Gasteiger partial charge in [-0.1, -0.05) is 26.0 Å². The highest BCUT2D eigenvalue weighted by molar-refractivity contribution is 5.49. The normalized spacial score (nSPS) is 25.1. The molecule has 1 fully saturated rings. The average Bonchev–Trinajstić information content (AvgIpc) is 2.39. The number of nitrogens with two attached hydrogens (primary N) is 1. The second kappa shape index (κ2) is 5.93. The van der Waals surface area contributed by atoms with E-state index in [1.807, 2.05) is 0 Å². The maximum absolute atomic E-state index is 5.87. The number of hydrogen-bond donors (Lipinski definition) is 1. The Bertz CT molecular complexity index is 399. The predicted molar refractivity (Wildman–Crippen MR) is 82.8 cm³/mol. The molecule has 0 aliphatic carbocycles. The van der Waals surface area contributed by atoms with Gasteiger partial charge < -0.3 is 10.6 Å². The summed E-state index contributed by atoms with van der Waals surface area (Å²) in [6, 6.07) is 10.0. The number of rotatable bonds is 3. The van der Waals surface area contributed by atoms with E-state index in [4.69, 9.17) is 5.73 Å². The lowest BCUT2D eigenvalue weighted by molar-refractivity contribution is 0.197. The van der Waals surface area contributed by atoms with E-state index in [-0.39, 0.29) is 0 Å². The van der Waals surface area contributed by atoms with Crippen LogP contribution in [0, 0.1) is 0 Å². The van der Waals surface area contributed by atoms with Crippen LogP contribution >= 0.6 is 0 Å². The molecule has 2 rings (SSSR count). The van der Waals surface area contributed by atoms with E-state index in [1.54, 1.807) is 0 Å². The monoisotopic (exact) mass is 261 g/mol. The molecule has 1 aliphatic heterocycles. The second-order valence-electron chi connectivity index (χ2n) is 6.08. The van der Waals surface area contributed by atoms with Crippen molar-refractivity contribution in [2.24, 2.45) is 5.73 Å². The number of nitrogens with zero attached hydrogens (tertiary/aromatic N) is 2. The highest BCUT2D eigenvalue weighted by atomic mass is 15.3. The topological polar surface area (TPSA) is 32.5 Å². The van der Waals surface area contributed by atoms with Crippen molar-refractivity contribution >= 4 is 5.69 Å². The van der Waals surface area contributed by atoms with Crippen molar-refractivity contribution in [3.05, 3.63) is 29.8 Å². The summed E-state index contributed by atoms with van der Waals surface area (Å²) in [5.41, 5.74) is 8.60. The zero-order valence-corrected chi connectivity index (χ0v) is 12.6. The summed E-state index contributed by atoms with van der Waals surface area (Å²) in [5, 5.41) is 0. The molecule has 0 aromatic heterocycles. The minimum Gasteiger partial charge on any atom is -0.366 e. The van der Waals surface area contributed by atoms with Gasteiger partial charge in [-0.15, -0.1) is 0 Å². The zero-order chi connectivity index (χ0) is 14.0.